The summed E-state index contributed by atoms with van der Waals surface area (Å²) in [6.45, 7) is 0.875. The molecule has 9 heteroatoms. The standard InChI is InChI=1S/C19H19ClFN5O.HI/c1-22-19(24-12-14-5-2-3-8-16(14)21)23-10-9-17-25-18(26-27-17)13-6-4-7-15(20)11-13;/h2-8,11H,9-10,12H2,1H3,(H2,22,23,24);1H. The second-order valence-electron chi connectivity index (χ2n) is 5.72. The Kier molecular flexibility index (Phi) is 8.65. The number of halogens is 3. The van der Waals surface area contributed by atoms with Crippen LogP contribution in [-0.2, 0) is 13.0 Å². The van der Waals surface area contributed by atoms with Crippen LogP contribution in [0.1, 0.15) is 11.5 Å². The summed E-state index contributed by atoms with van der Waals surface area (Å²) in [6, 6.07) is 13.9. The van der Waals surface area contributed by atoms with Crippen molar-refractivity contribution in [1.29, 1.82) is 0 Å². The molecule has 0 fully saturated rings. The number of nitrogens with one attached hydrogen (secondary N) is 2. The Morgan fingerprint density at radius 1 is 1.18 bits per heavy atom. The SMILES string of the molecule is CN=C(NCCc1nc(-c2cccc(Cl)c2)no1)NCc1ccccc1F.I. The normalized spacial score (nSPS) is 11.0. The second kappa shape index (κ2) is 11.0. The van der Waals surface area contributed by atoms with Crippen LogP contribution in [0.3, 0.4) is 0 Å². The van der Waals surface area contributed by atoms with Gasteiger partial charge in [-0.2, -0.15) is 4.98 Å². The smallest absolute Gasteiger partial charge is 0.228 e. The van der Waals surface area contributed by atoms with Crippen LogP contribution in [-0.4, -0.2) is 29.7 Å². The van der Waals surface area contributed by atoms with E-state index >= 15 is 0 Å². The molecule has 0 saturated carbocycles. The van der Waals surface area contributed by atoms with Crippen LogP contribution in [0.2, 0.25) is 5.02 Å². The van der Waals surface area contributed by atoms with Gasteiger partial charge in [0.25, 0.3) is 0 Å². The van der Waals surface area contributed by atoms with Crippen LogP contribution in [0.4, 0.5) is 4.39 Å². The van der Waals surface area contributed by atoms with Gasteiger partial charge in [0.1, 0.15) is 5.82 Å². The Morgan fingerprint density at radius 2 is 2.00 bits per heavy atom. The largest absolute Gasteiger partial charge is 0.356 e. The van der Waals surface area contributed by atoms with Gasteiger partial charge in [0.05, 0.1) is 0 Å². The van der Waals surface area contributed by atoms with Gasteiger partial charge in [0.2, 0.25) is 11.7 Å². The van der Waals surface area contributed by atoms with Gasteiger partial charge in [0, 0.05) is 42.7 Å². The van der Waals surface area contributed by atoms with E-state index < -0.39 is 0 Å². The van der Waals surface area contributed by atoms with E-state index in [4.69, 9.17) is 16.1 Å². The average Bonchev–Trinajstić information content (AvgIpc) is 3.14. The van der Waals surface area contributed by atoms with Crippen LogP contribution in [0.5, 0.6) is 0 Å². The van der Waals surface area contributed by atoms with E-state index in [9.17, 15) is 4.39 Å². The summed E-state index contributed by atoms with van der Waals surface area (Å²) in [4.78, 5) is 8.48. The third kappa shape index (κ3) is 6.16. The van der Waals surface area contributed by atoms with Crippen molar-refractivity contribution in [2.45, 2.75) is 13.0 Å². The fraction of sp³-hybridized carbons (Fsp3) is 0.211. The first-order valence-electron chi connectivity index (χ1n) is 8.42. The van der Waals surface area contributed by atoms with Gasteiger partial charge in [-0.15, -0.1) is 24.0 Å². The number of hydrogen-bond acceptors (Lipinski definition) is 4. The van der Waals surface area contributed by atoms with Crippen molar-refractivity contribution < 1.29 is 8.91 Å². The third-order valence-corrected chi connectivity index (χ3v) is 4.05. The highest BCUT2D eigenvalue weighted by atomic mass is 127. The summed E-state index contributed by atoms with van der Waals surface area (Å²) < 4.78 is 18.9. The maximum atomic E-state index is 13.6. The number of aromatic nitrogens is 2. The van der Waals surface area contributed by atoms with Crippen molar-refractivity contribution in [2.24, 2.45) is 4.99 Å². The van der Waals surface area contributed by atoms with Crippen molar-refractivity contribution in [1.82, 2.24) is 20.8 Å². The molecule has 0 aliphatic carbocycles. The molecule has 1 heterocycles. The highest BCUT2D eigenvalue weighted by Crippen LogP contribution is 2.19. The molecule has 0 saturated heterocycles. The molecular formula is C19H20ClFIN5O. The highest BCUT2D eigenvalue weighted by Gasteiger charge is 2.09. The van der Waals surface area contributed by atoms with Gasteiger partial charge in [-0.3, -0.25) is 4.99 Å². The molecule has 0 radical (unpaired) electrons. The minimum atomic E-state index is -0.250. The fourth-order valence-corrected chi connectivity index (χ4v) is 2.62. The zero-order valence-electron chi connectivity index (χ0n) is 15.2. The maximum absolute atomic E-state index is 13.6. The Hall–Kier alpha value is -2.20. The van der Waals surface area contributed by atoms with E-state index in [1.54, 1.807) is 37.4 Å². The van der Waals surface area contributed by atoms with E-state index in [0.29, 0.717) is 47.8 Å². The zero-order valence-corrected chi connectivity index (χ0v) is 18.2. The molecule has 0 atom stereocenters. The molecule has 2 N–H and O–H groups in total. The van der Waals surface area contributed by atoms with Crippen molar-refractivity contribution in [3.63, 3.8) is 0 Å². The zero-order chi connectivity index (χ0) is 19.1. The Labute approximate surface area is 184 Å². The molecule has 3 rings (SSSR count). The monoisotopic (exact) mass is 515 g/mol. The van der Waals surface area contributed by atoms with Crippen LogP contribution < -0.4 is 10.6 Å². The van der Waals surface area contributed by atoms with E-state index in [1.165, 1.54) is 6.07 Å². The average molecular weight is 516 g/mol. The molecule has 3 aromatic rings. The number of guanidine groups is 1. The molecule has 0 amide bonds. The highest BCUT2D eigenvalue weighted by molar-refractivity contribution is 14.0. The topological polar surface area (TPSA) is 75.3 Å². The lowest BCUT2D eigenvalue weighted by Gasteiger charge is -2.11. The fourth-order valence-electron chi connectivity index (χ4n) is 2.43. The second-order valence-corrected chi connectivity index (χ2v) is 6.15. The number of nitrogens with zero attached hydrogens (tertiary/aromatic N) is 3. The van der Waals surface area contributed by atoms with Gasteiger partial charge in [-0.1, -0.05) is 47.1 Å². The maximum Gasteiger partial charge on any atom is 0.228 e. The molecule has 0 aliphatic rings. The first-order chi connectivity index (χ1) is 13.2. The molecule has 0 aliphatic heterocycles. The summed E-state index contributed by atoms with van der Waals surface area (Å²) in [5.41, 5.74) is 1.37. The van der Waals surface area contributed by atoms with Gasteiger partial charge in [0.15, 0.2) is 5.96 Å². The van der Waals surface area contributed by atoms with Crippen LogP contribution in [0.25, 0.3) is 11.4 Å². The number of benzene rings is 2. The molecular weight excluding hydrogens is 496 g/mol. The molecule has 6 nitrogen and oxygen atoms in total. The van der Waals surface area contributed by atoms with Gasteiger partial charge in [-0.05, 0) is 18.2 Å². The number of aliphatic imine (C=N–C) groups is 1. The predicted molar refractivity (Wildman–Crippen MR) is 118 cm³/mol. The molecule has 28 heavy (non-hydrogen) atoms. The molecule has 0 spiro atoms. The first-order valence-corrected chi connectivity index (χ1v) is 8.80. The first kappa shape index (κ1) is 22.1. The third-order valence-electron chi connectivity index (χ3n) is 3.81. The number of hydrogen-bond donors (Lipinski definition) is 2. The van der Waals surface area contributed by atoms with Crippen LogP contribution in [0.15, 0.2) is 58.0 Å². The van der Waals surface area contributed by atoms with E-state index in [0.717, 1.165) is 5.56 Å². The lowest BCUT2D eigenvalue weighted by Crippen LogP contribution is -2.38. The van der Waals surface area contributed by atoms with E-state index in [2.05, 4.69) is 25.8 Å². The van der Waals surface area contributed by atoms with Crippen LogP contribution in [0, 0.1) is 5.82 Å². The Balaban J connectivity index is 0.00000280. The van der Waals surface area contributed by atoms with Gasteiger partial charge in [-0.25, -0.2) is 4.39 Å². The van der Waals surface area contributed by atoms with Crippen molar-refractivity contribution >= 4 is 41.5 Å². The Morgan fingerprint density at radius 3 is 2.75 bits per heavy atom. The summed E-state index contributed by atoms with van der Waals surface area (Å²) in [5, 5.41) is 10.8. The van der Waals surface area contributed by atoms with Crippen molar-refractivity contribution in [3.8, 4) is 11.4 Å². The summed E-state index contributed by atoms with van der Waals surface area (Å²) in [7, 11) is 1.65. The lowest BCUT2D eigenvalue weighted by atomic mass is 10.2. The van der Waals surface area contributed by atoms with Crippen molar-refractivity contribution in [2.75, 3.05) is 13.6 Å². The van der Waals surface area contributed by atoms with Crippen molar-refractivity contribution in [3.05, 3.63) is 70.8 Å². The summed E-state index contributed by atoms with van der Waals surface area (Å²) >= 11 is 5.98. The summed E-state index contributed by atoms with van der Waals surface area (Å²) in [6.07, 6.45) is 0.522. The molecule has 148 valence electrons. The van der Waals surface area contributed by atoms with Gasteiger partial charge < -0.3 is 15.2 Å². The van der Waals surface area contributed by atoms with E-state index in [-0.39, 0.29) is 29.8 Å². The predicted octanol–water partition coefficient (Wildman–Crippen LogP) is 4.05. The number of rotatable bonds is 6. The van der Waals surface area contributed by atoms with E-state index in [1.807, 2.05) is 12.1 Å². The quantitative estimate of drug-likeness (QED) is 0.294. The summed E-state index contributed by atoms with van der Waals surface area (Å²) in [5.74, 6) is 1.31. The van der Waals surface area contributed by atoms with Gasteiger partial charge >= 0.3 is 0 Å². The molecule has 0 unspecified atom stereocenters. The Bertz CT molecular complexity index is 934. The minimum Gasteiger partial charge on any atom is -0.356 e. The molecule has 2 aromatic carbocycles. The van der Waals surface area contributed by atoms with Crippen LogP contribution >= 0.6 is 35.6 Å². The lowest BCUT2D eigenvalue weighted by molar-refractivity contribution is 0.378. The minimum absolute atomic E-state index is 0. The molecule has 0 bridgehead atoms. The molecule has 1 aromatic heterocycles.